The van der Waals surface area contributed by atoms with Gasteiger partial charge < -0.3 is 24.1 Å². The van der Waals surface area contributed by atoms with Crippen LogP contribution >= 0.6 is 0 Å². The second kappa shape index (κ2) is 17.1. The molecule has 2 unspecified atom stereocenters. The normalized spacial score (nSPS) is 27.4. The number of carbonyl (C=O) groups excluding carboxylic acids is 4. The van der Waals surface area contributed by atoms with Crippen LogP contribution in [0.5, 0.6) is 0 Å². The van der Waals surface area contributed by atoms with Crippen molar-refractivity contribution >= 4 is 34.6 Å². The maximum atomic E-state index is 11.7. The number of aliphatic hydroxyl groups excluding tert-OH is 1. The summed E-state index contributed by atoms with van der Waals surface area (Å²) in [4.78, 5) is 44.2. The number of rotatable bonds is 10. The van der Waals surface area contributed by atoms with Crippen molar-refractivity contribution in [3.05, 3.63) is 48.0 Å². The first kappa shape index (κ1) is 36.4. The summed E-state index contributed by atoms with van der Waals surface area (Å²) in [7, 11) is 0. The zero-order chi connectivity index (χ0) is 34.0. The number of hydrogen-bond acceptors (Lipinski definition) is 9. The Hall–Kier alpha value is -3.46. The average Bonchev–Trinajstić information content (AvgIpc) is 3.49. The fourth-order valence-electron chi connectivity index (χ4n) is 7.88. The molecule has 7 rings (SSSR count). The topological polar surface area (TPSA) is 125 Å². The van der Waals surface area contributed by atoms with Crippen LogP contribution in [-0.4, -0.2) is 53.9 Å². The minimum absolute atomic E-state index is 0.0133. The van der Waals surface area contributed by atoms with E-state index in [2.05, 4.69) is 11.7 Å². The van der Waals surface area contributed by atoms with Gasteiger partial charge in [0.25, 0.3) is 0 Å². The monoisotopic (exact) mass is 652 g/mol. The van der Waals surface area contributed by atoms with Crippen molar-refractivity contribution in [1.29, 1.82) is 0 Å². The smallest absolute Gasteiger partial charge is 0.347 e. The van der Waals surface area contributed by atoms with Gasteiger partial charge in [-0.3, -0.25) is 14.4 Å². The Balaban J connectivity index is 0.000000165. The molecule has 9 nitrogen and oxygen atoms in total. The van der Waals surface area contributed by atoms with Gasteiger partial charge in [0.15, 0.2) is 0 Å². The van der Waals surface area contributed by atoms with Gasteiger partial charge in [-0.15, -0.1) is 0 Å². The lowest BCUT2D eigenvalue weighted by Gasteiger charge is -2.60. The molecule has 1 aliphatic heterocycles. The quantitative estimate of drug-likeness (QED) is 0.213. The maximum absolute atomic E-state index is 11.7. The Labute approximate surface area is 278 Å². The molecule has 47 heavy (non-hydrogen) atoms. The van der Waals surface area contributed by atoms with Crippen molar-refractivity contribution < 1.29 is 43.2 Å². The molecule has 0 radical (unpaired) electrons. The van der Waals surface area contributed by atoms with Gasteiger partial charge in [-0.1, -0.05) is 64.1 Å². The molecule has 2 aromatic rings. The van der Waals surface area contributed by atoms with Crippen LogP contribution in [0.15, 0.2) is 42.5 Å². The number of cyclic esters (lactones) is 1. The van der Waals surface area contributed by atoms with E-state index in [1.54, 1.807) is 13.8 Å². The molecule has 0 spiro atoms. The molecule has 1 saturated heterocycles. The molecule has 5 fully saturated rings. The molecule has 0 aromatic heterocycles. The summed E-state index contributed by atoms with van der Waals surface area (Å²) in [5, 5.41) is 12.3. The molecule has 258 valence electrons. The number of fused-ring (bicyclic) bond motifs is 1. The second-order valence-corrected chi connectivity index (χ2v) is 13.2. The standard InChI is InChI=1S/C16H18O3.C15H24O2.C7H10O4/c1-2-16(18)19-10-9-15(17)14-8-7-12-5-3-4-6-13(12)11-14;1-3-14(16)17-15(4-2)12-6-10-5-11(8-12)9-13(15)7-10;1-2-6(8)11-5-3-4-10-7(5)9/h3-8,11,15,17H,2,9-10H2,1H3;10-13H,3-9H2,1-2H3;5H,2-4H2,1H3. The van der Waals surface area contributed by atoms with E-state index in [1.807, 2.05) is 49.4 Å². The van der Waals surface area contributed by atoms with E-state index in [4.69, 9.17) is 14.2 Å². The highest BCUT2D eigenvalue weighted by atomic mass is 16.6. The Kier molecular flexibility index (Phi) is 13.2. The predicted molar refractivity (Wildman–Crippen MR) is 177 cm³/mol. The van der Waals surface area contributed by atoms with E-state index in [0.29, 0.717) is 50.5 Å². The minimum atomic E-state index is -0.651. The van der Waals surface area contributed by atoms with Crippen molar-refractivity contribution in [2.75, 3.05) is 13.2 Å². The van der Waals surface area contributed by atoms with Gasteiger partial charge in [0.05, 0.1) is 19.3 Å². The molecule has 4 saturated carbocycles. The summed E-state index contributed by atoms with van der Waals surface area (Å²) >= 11 is 0. The van der Waals surface area contributed by atoms with Crippen LogP contribution in [0.4, 0.5) is 0 Å². The molecule has 4 aliphatic carbocycles. The van der Waals surface area contributed by atoms with E-state index >= 15 is 0 Å². The third kappa shape index (κ3) is 9.34. The van der Waals surface area contributed by atoms with Crippen LogP contribution in [0.1, 0.15) is 110 Å². The lowest BCUT2D eigenvalue weighted by atomic mass is 9.49. The first-order valence-electron chi connectivity index (χ1n) is 17.5. The molecule has 1 heterocycles. The van der Waals surface area contributed by atoms with E-state index in [1.165, 1.54) is 32.1 Å². The number of hydrogen-bond donors (Lipinski definition) is 1. The number of aliphatic hydroxyl groups is 1. The molecule has 4 bridgehead atoms. The number of benzene rings is 2. The van der Waals surface area contributed by atoms with Crippen LogP contribution < -0.4 is 0 Å². The van der Waals surface area contributed by atoms with Gasteiger partial charge in [0.1, 0.15) is 5.60 Å². The van der Waals surface area contributed by atoms with E-state index in [0.717, 1.165) is 34.6 Å². The van der Waals surface area contributed by atoms with Gasteiger partial charge in [0.2, 0.25) is 6.10 Å². The van der Waals surface area contributed by atoms with Crippen molar-refractivity contribution in [2.24, 2.45) is 23.7 Å². The molecule has 1 N–H and O–H groups in total. The fraction of sp³-hybridized carbons (Fsp3) is 0.632. The van der Waals surface area contributed by atoms with Crippen LogP contribution in [0.3, 0.4) is 0 Å². The van der Waals surface area contributed by atoms with Gasteiger partial charge >= 0.3 is 23.9 Å². The van der Waals surface area contributed by atoms with Crippen LogP contribution in [0.25, 0.3) is 10.8 Å². The summed E-state index contributed by atoms with van der Waals surface area (Å²) in [6.07, 6.45) is 8.59. The molecule has 5 aliphatic rings. The highest BCUT2D eigenvalue weighted by molar-refractivity contribution is 5.83. The highest BCUT2D eigenvalue weighted by Gasteiger charge is 2.58. The molecular weight excluding hydrogens is 600 g/mol. The Morgan fingerprint density at radius 1 is 0.851 bits per heavy atom. The van der Waals surface area contributed by atoms with Gasteiger partial charge in [-0.25, -0.2) is 4.79 Å². The summed E-state index contributed by atoms with van der Waals surface area (Å²) in [5.41, 5.74) is 0.770. The van der Waals surface area contributed by atoms with E-state index in [9.17, 15) is 24.3 Å². The third-order valence-electron chi connectivity index (χ3n) is 10.2. The summed E-state index contributed by atoms with van der Waals surface area (Å²) in [6.45, 7) is 8.17. The lowest BCUT2D eigenvalue weighted by molar-refractivity contribution is -0.210. The first-order chi connectivity index (χ1) is 22.6. The Morgan fingerprint density at radius 2 is 1.47 bits per heavy atom. The molecule has 0 amide bonds. The Morgan fingerprint density at radius 3 is 2.02 bits per heavy atom. The summed E-state index contributed by atoms with van der Waals surface area (Å²) in [5.74, 6) is 2.22. The molecule has 2 aromatic carbocycles. The molecular formula is C38H52O9. The zero-order valence-corrected chi connectivity index (χ0v) is 28.4. The number of esters is 4. The van der Waals surface area contributed by atoms with Crippen LogP contribution in [0, 0.1) is 23.7 Å². The van der Waals surface area contributed by atoms with Crippen molar-refractivity contribution in [3.8, 4) is 0 Å². The number of carbonyl (C=O) groups is 4. The van der Waals surface area contributed by atoms with E-state index in [-0.39, 0.29) is 30.1 Å². The third-order valence-corrected chi connectivity index (χ3v) is 10.2. The minimum Gasteiger partial charge on any atom is -0.466 e. The predicted octanol–water partition coefficient (Wildman–Crippen LogP) is 7.02. The highest BCUT2D eigenvalue weighted by Crippen LogP contribution is 2.60. The van der Waals surface area contributed by atoms with E-state index < -0.39 is 18.2 Å². The van der Waals surface area contributed by atoms with Crippen LogP contribution in [0.2, 0.25) is 0 Å². The zero-order valence-electron chi connectivity index (χ0n) is 28.4. The fourth-order valence-corrected chi connectivity index (χ4v) is 7.88. The lowest BCUT2D eigenvalue weighted by Crippen LogP contribution is -2.59. The number of ether oxygens (including phenoxy) is 4. The van der Waals surface area contributed by atoms with Crippen molar-refractivity contribution in [3.63, 3.8) is 0 Å². The summed E-state index contributed by atoms with van der Waals surface area (Å²) < 4.78 is 20.3. The van der Waals surface area contributed by atoms with Crippen LogP contribution in [-0.2, 0) is 38.1 Å². The average molecular weight is 653 g/mol. The first-order valence-corrected chi connectivity index (χ1v) is 17.5. The second-order valence-electron chi connectivity index (χ2n) is 13.2. The van der Waals surface area contributed by atoms with Gasteiger partial charge in [0, 0.05) is 32.1 Å². The maximum Gasteiger partial charge on any atom is 0.347 e. The largest absolute Gasteiger partial charge is 0.466 e. The van der Waals surface area contributed by atoms with Gasteiger partial charge in [-0.2, -0.15) is 0 Å². The molecule has 2 atom stereocenters. The SMILES string of the molecule is CCC(=O)OC1(CC)C2CC3CC(C2)CC1C3.CCC(=O)OC1CCOC1=O.CCC(=O)OCCC(O)c1ccc2ccccc2c1. The van der Waals surface area contributed by atoms with Gasteiger partial charge in [-0.05, 0) is 84.6 Å². The summed E-state index contributed by atoms with van der Waals surface area (Å²) in [6, 6.07) is 13.9. The Bertz CT molecular complexity index is 1340. The van der Waals surface area contributed by atoms with Crippen molar-refractivity contribution in [1.82, 2.24) is 0 Å². The molecule has 9 heteroatoms. The van der Waals surface area contributed by atoms with Crippen molar-refractivity contribution in [2.45, 2.75) is 116 Å².